The molecule has 0 unspecified atom stereocenters. The van der Waals surface area contributed by atoms with Gasteiger partial charge in [0.15, 0.2) is 0 Å². The molecule has 0 bridgehead atoms. The normalized spacial score (nSPS) is 21.5. The van der Waals surface area contributed by atoms with Crippen LogP contribution in [0.3, 0.4) is 0 Å². The Kier molecular flexibility index (Phi) is 6.46. The van der Waals surface area contributed by atoms with Gasteiger partial charge in [-0.3, -0.25) is 9.59 Å². The Labute approximate surface area is 159 Å². The van der Waals surface area contributed by atoms with Gasteiger partial charge in [0.25, 0.3) is 0 Å². The van der Waals surface area contributed by atoms with Crippen molar-refractivity contribution in [2.75, 3.05) is 20.0 Å². The van der Waals surface area contributed by atoms with Crippen molar-refractivity contribution < 1.29 is 23.9 Å². The Hall–Kier alpha value is -2.57. The molecular weight excluding hydrogens is 348 g/mol. The molecule has 1 aliphatic rings. The molecule has 1 saturated carbocycles. The maximum absolute atomic E-state index is 12.5. The Morgan fingerprint density at radius 2 is 1.81 bits per heavy atom. The van der Waals surface area contributed by atoms with Crippen LogP contribution in [0.4, 0.5) is 5.69 Å². The van der Waals surface area contributed by atoms with Crippen molar-refractivity contribution in [2.24, 2.45) is 17.3 Å². The van der Waals surface area contributed by atoms with Crippen molar-refractivity contribution in [1.29, 1.82) is 0 Å². The Bertz CT molecular complexity index is 699. The van der Waals surface area contributed by atoms with Crippen molar-refractivity contribution in [2.45, 2.75) is 39.2 Å². The molecular formula is C20H28N2O5. The molecule has 7 nitrogen and oxygen atoms in total. The number of anilines is 1. The third-order valence-electron chi connectivity index (χ3n) is 5.63. The van der Waals surface area contributed by atoms with E-state index in [1.54, 1.807) is 12.1 Å². The largest absolute Gasteiger partial charge is 0.469 e. The highest BCUT2D eigenvalue weighted by atomic mass is 16.5. The third kappa shape index (κ3) is 4.78. The first kappa shape index (κ1) is 20.7. The average Bonchev–Trinajstić information content (AvgIpc) is 2.64. The first-order valence-electron chi connectivity index (χ1n) is 8.98. The van der Waals surface area contributed by atoms with E-state index in [1.807, 2.05) is 26.0 Å². The Morgan fingerprint density at radius 1 is 1.19 bits per heavy atom. The van der Waals surface area contributed by atoms with E-state index in [1.165, 1.54) is 14.2 Å². The summed E-state index contributed by atoms with van der Waals surface area (Å²) in [6.07, 6.45) is 1.17. The zero-order valence-electron chi connectivity index (χ0n) is 16.3. The molecule has 0 radical (unpaired) electrons. The molecule has 2 rings (SSSR count). The maximum Gasteiger partial charge on any atom is 0.328 e. The molecule has 0 heterocycles. The van der Waals surface area contributed by atoms with Crippen LogP contribution < -0.4 is 11.1 Å². The fourth-order valence-electron chi connectivity index (χ4n) is 3.61. The molecule has 0 aliphatic heterocycles. The highest BCUT2D eigenvalue weighted by molar-refractivity contribution is 5.85. The number of nitrogens with one attached hydrogen (secondary N) is 1. The lowest BCUT2D eigenvalue weighted by atomic mass is 9.54. The number of methoxy groups -OCH3 is 2. The predicted octanol–water partition coefficient (Wildman–Crippen LogP) is 1.69. The van der Waals surface area contributed by atoms with Crippen LogP contribution in [0.15, 0.2) is 24.3 Å². The molecule has 27 heavy (non-hydrogen) atoms. The van der Waals surface area contributed by atoms with Gasteiger partial charge in [-0.2, -0.15) is 0 Å². The molecule has 0 aromatic heterocycles. The molecule has 148 valence electrons. The van der Waals surface area contributed by atoms with Crippen LogP contribution in [0.5, 0.6) is 0 Å². The minimum absolute atomic E-state index is 0.0522. The summed E-state index contributed by atoms with van der Waals surface area (Å²) in [5.74, 6) is -1.13. The molecule has 1 fully saturated rings. The highest BCUT2D eigenvalue weighted by Gasteiger charge is 2.52. The second-order valence-corrected chi connectivity index (χ2v) is 7.62. The summed E-state index contributed by atoms with van der Waals surface area (Å²) in [6.45, 7) is 3.92. The third-order valence-corrected chi connectivity index (χ3v) is 5.63. The number of benzene rings is 1. The van der Waals surface area contributed by atoms with Crippen molar-refractivity contribution >= 4 is 23.5 Å². The van der Waals surface area contributed by atoms with E-state index in [2.05, 4.69) is 5.32 Å². The minimum atomic E-state index is -0.772. The average molecular weight is 376 g/mol. The summed E-state index contributed by atoms with van der Waals surface area (Å²) in [5.41, 5.74) is 6.86. The molecule has 1 amide bonds. The molecule has 3 atom stereocenters. The van der Waals surface area contributed by atoms with Crippen LogP contribution in [0.25, 0.3) is 0 Å². The lowest BCUT2D eigenvalue weighted by Crippen LogP contribution is -2.52. The van der Waals surface area contributed by atoms with E-state index in [4.69, 9.17) is 15.2 Å². The quantitative estimate of drug-likeness (QED) is 0.554. The zero-order valence-corrected chi connectivity index (χ0v) is 16.3. The van der Waals surface area contributed by atoms with E-state index in [-0.39, 0.29) is 35.5 Å². The van der Waals surface area contributed by atoms with E-state index in [0.29, 0.717) is 18.5 Å². The Balaban J connectivity index is 1.97. The number of rotatable bonds is 7. The number of esters is 2. The first-order valence-corrected chi connectivity index (χ1v) is 8.98. The van der Waals surface area contributed by atoms with E-state index < -0.39 is 12.0 Å². The van der Waals surface area contributed by atoms with Crippen LogP contribution >= 0.6 is 0 Å². The lowest BCUT2D eigenvalue weighted by molar-refractivity contribution is -0.164. The number of nitrogens with two attached hydrogens (primary N) is 1. The maximum atomic E-state index is 12.5. The van der Waals surface area contributed by atoms with Crippen LogP contribution in [0.1, 0.15) is 32.3 Å². The van der Waals surface area contributed by atoms with Crippen LogP contribution in [0.2, 0.25) is 0 Å². The van der Waals surface area contributed by atoms with Crippen molar-refractivity contribution in [3.05, 3.63) is 29.8 Å². The van der Waals surface area contributed by atoms with Gasteiger partial charge in [-0.1, -0.05) is 26.0 Å². The topological polar surface area (TPSA) is 108 Å². The summed E-state index contributed by atoms with van der Waals surface area (Å²) < 4.78 is 9.64. The number of carbonyl (C=O) groups excluding carboxylic acids is 3. The molecule has 0 spiro atoms. The molecule has 1 aliphatic carbocycles. The predicted molar refractivity (Wildman–Crippen MR) is 101 cm³/mol. The Morgan fingerprint density at radius 3 is 2.33 bits per heavy atom. The smallest absolute Gasteiger partial charge is 0.328 e. The van der Waals surface area contributed by atoms with Gasteiger partial charge in [0.1, 0.15) is 6.04 Å². The van der Waals surface area contributed by atoms with E-state index in [0.717, 1.165) is 5.56 Å². The summed E-state index contributed by atoms with van der Waals surface area (Å²) in [5, 5.41) is 2.76. The number of hydrogen-bond acceptors (Lipinski definition) is 6. The molecule has 0 saturated heterocycles. The fraction of sp³-hybridized carbons (Fsp3) is 0.550. The van der Waals surface area contributed by atoms with Gasteiger partial charge in [-0.25, -0.2) is 4.79 Å². The molecule has 3 N–H and O–H groups in total. The second-order valence-electron chi connectivity index (χ2n) is 7.62. The molecule has 1 aromatic carbocycles. The van der Waals surface area contributed by atoms with Gasteiger partial charge in [-0.05, 0) is 35.4 Å². The standard InChI is InChI=1S/C20H28N2O5/c1-20(2)13(10-15(20)18(24)26-3)11-17(23)22-16(19(25)27-4)9-12-5-7-14(21)8-6-12/h5-8,13,15-16H,9-11,21H2,1-4H3,(H,22,23)/t13-,15+,16-/m0/s1. The molecule has 7 heteroatoms. The number of carbonyl (C=O) groups is 3. The lowest BCUT2D eigenvalue weighted by Gasteiger charge is -2.50. The first-order chi connectivity index (χ1) is 12.7. The van der Waals surface area contributed by atoms with Gasteiger partial charge in [0.2, 0.25) is 5.91 Å². The monoisotopic (exact) mass is 376 g/mol. The number of ether oxygens (including phenoxy) is 2. The second kappa shape index (κ2) is 8.41. The summed E-state index contributed by atoms with van der Waals surface area (Å²) >= 11 is 0. The highest BCUT2D eigenvalue weighted by Crippen LogP contribution is 2.53. The van der Waals surface area contributed by atoms with E-state index >= 15 is 0 Å². The van der Waals surface area contributed by atoms with Crippen molar-refractivity contribution in [3.8, 4) is 0 Å². The van der Waals surface area contributed by atoms with Crippen LogP contribution in [-0.4, -0.2) is 38.1 Å². The minimum Gasteiger partial charge on any atom is -0.469 e. The van der Waals surface area contributed by atoms with Gasteiger partial charge in [-0.15, -0.1) is 0 Å². The van der Waals surface area contributed by atoms with Crippen molar-refractivity contribution in [3.63, 3.8) is 0 Å². The van der Waals surface area contributed by atoms with E-state index in [9.17, 15) is 14.4 Å². The van der Waals surface area contributed by atoms with Gasteiger partial charge >= 0.3 is 11.9 Å². The summed E-state index contributed by atoms with van der Waals surface area (Å²) in [7, 11) is 2.66. The summed E-state index contributed by atoms with van der Waals surface area (Å²) in [6, 6.07) is 6.34. The summed E-state index contributed by atoms with van der Waals surface area (Å²) in [4.78, 5) is 36.4. The fourth-order valence-corrected chi connectivity index (χ4v) is 3.61. The van der Waals surface area contributed by atoms with Crippen LogP contribution in [-0.2, 0) is 30.3 Å². The van der Waals surface area contributed by atoms with Gasteiger partial charge < -0.3 is 20.5 Å². The number of hydrogen-bond donors (Lipinski definition) is 2. The van der Waals surface area contributed by atoms with Crippen molar-refractivity contribution in [1.82, 2.24) is 5.32 Å². The van der Waals surface area contributed by atoms with Gasteiger partial charge in [0.05, 0.1) is 20.1 Å². The van der Waals surface area contributed by atoms with Crippen LogP contribution in [0, 0.1) is 17.3 Å². The number of nitrogen functional groups attached to an aromatic ring is 1. The molecule has 1 aromatic rings. The zero-order chi connectivity index (χ0) is 20.2. The SMILES string of the molecule is COC(=O)[C@H](Cc1ccc(N)cc1)NC(=O)C[C@@H]1C[C@H](C(=O)OC)C1(C)C. The number of amides is 1. The van der Waals surface area contributed by atoms with Gasteiger partial charge in [0, 0.05) is 18.5 Å².